The van der Waals surface area contributed by atoms with Crippen LogP contribution in [0.4, 0.5) is 11.4 Å². The van der Waals surface area contributed by atoms with E-state index in [1.54, 1.807) is 17.8 Å². The number of carbonyl (C=O) groups is 1. The smallest absolute Gasteiger partial charge is 0.234 e. The zero-order valence-corrected chi connectivity index (χ0v) is 12.0. The van der Waals surface area contributed by atoms with Gasteiger partial charge in [0.2, 0.25) is 5.91 Å². The number of hydrogen-bond donors (Lipinski definition) is 2. The van der Waals surface area contributed by atoms with Gasteiger partial charge >= 0.3 is 0 Å². The van der Waals surface area contributed by atoms with Gasteiger partial charge in [0.1, 0.15) is 0 Å². The van der Waals surface area contributed by atoms with Crippen LogP contribution < -0.4 is 10.6 Å². The van der Waals surface area contributed by atoms with Crippen molar-refractivity contribution in [2.75, 3.05) is 16.4 Å². The van der Waals surface area contributed by atoms with Crippen molar-refractivity contribution in [3.63, 3.8) is 0 Å². The molecule has 1 heterocycles. The summed E-state index contributed by atoms with van der Waals surface area (Å²) in [6, 6.07) is 15.6. The Bertz CT molecular complexity index is 737. The molecule has 0 aromatic heterocycles. The maximum absolute atomic E-state index is 11.4. The highest BCUT2D eigenvalue weighted by Gasteiger charge is 2.15. The standard InChI is InChI=1S/C16H13N3OS/c17-8-11-3-1-2-4-12(11)9-18-13-5-6-15-14(7-13)19-16(20)10-21-15/h1-7,18H,9-10H2,(H,19,20). The average Bonchev–Trinajstić information content (AvgIpc) is 2.52. The van der Waals surface area contributed by atoms with Crippen molar-refractivity contribution < 1.29 is 4.79 Å². The number of benzene rings is 2. The van der Waals surface area contributed by atoms with Gasteiger partial charge < -0.3 is 10.6 Å². The molecule has 1 aliphatic rings. The third kappa shape index (κ3) is 3.01. The lowest BCUT2D eigenvalue weighted by atomic mass is 10.1. The van der Waals surface area contributed by atoms with Crippen LogP contribution >= 0.6 is 11.8 Å². The summed E-state index contributed by atoms with van der Waals surface area (Å²) in [7, 11) is 0. The summed E-state index contributed by atoms with van der Waals surface area (Å²) in [5, 5.41) is 15.2. The van der Waals surface area contributed by atoms with Gasteiger partial charge in [-0.25, -0.2) is 0 Å². The molecule has 2 aromatic rings. The maximum atomic E-state index is 11.4. The number of anilines is 2. The lowest BCUT2D eigenvalue weighted by Crippen LogP contribution is -2.18. The summed E-state index contributed by atoms with van der Waals surface area (Å²) in [5.74, 6) is 0.495. The number of thioether (sulfide) groups is 1. The first-order valence-corrected chi connectivity index (χ1v) is 7.53. The molecule has 0 radical (unpaired) electrons. The molecule has 104 valence electrons. The van der Waals surface area contributed by atoms with Gasteiger partial charge in [0.15, 0.2) is 0 Å². The van der Waals surface area contributed by atoms with Crippen LogP contribution in [0.1, 0.15) is 11.1 Å². The van der Waals surface area contributed by atoms with Crippen LogP contribution in [0.25, 0.3) is 0 Å². The number of hydrogen-bond acceptors (Lipinski definition) is 4. The van der Waals surface area contributed by atoms with E-state index >= 15 is 0 Å². The second-order valence-corrected chi connectivity index (χ2v) is 5.69. The van der Waals surface area contributed by atoms with Gasteiger partial charge in [-0.1, -0.05) is 18.2 Å². The highest BCUT2D eigenvalue weighted by molar-refractivity contribution is 8.00. The van der Waals surface area contributed by atoms with Crippen molar-refractivity contribution >= 4 is 29.0 Å². The van der Waals surface area contributed by atoms with Gasteiger partial charge in [0, 0.05) is 17.1 Å². The lowest BCUT2D eigenvalue weighted by molar-refractivity contribution is -0.113. The van der Waals surface area contributed by atoms with Gasteiger partial charge in [-0.15, -0.1) is 11.8 Å². The van der Waals surface area contributed by atoms with E-state index in [1.165, 1.54) is 0 Å². The minimum atomic E-state index is 0.0273. The first kappa shape index (κ1) is 13.5. The van der Waals surface area contributed by atoms with Crippen LogP contribution in [-0.2, 0) is 11.3 Å². The first-order valence-electron chi connectivity index (χ1n) is 6.55. The van der Waals surface area contributed by atoms with E-state index in [9.17, 15) is 4.79 Å². The Kier molecular flexibility index (Phi) is 3.80. The second-order valence-electron chi connectivity index (χ2n) is 4.67. The molecule has 0 saturated carbocycles. The molecular formula is C16H13N3OS. The summed E-state index contributed by atoms with van der Waals surface area (Å²) < 4.78 is 0. The topological polar surface area (TPSA) is 64.9 Å². The van der Waals surface area contributed by atoms with Gasteiger partial charge in [-0.05, 0) is 29.8 Å². The van der Waals surface area contributed by atoms with Crippen molar-refractivity contribution in [1.82, 2.24) is 0 Å². The molecule has 1 amide bonds. The summed E-state index contributed by atoms with van der Waals surface area (Å²) >= 11 is 1.54. The molecule has 0 atom stereocenters. The lowest BCUT2D eigenvalue weighted by Gasteiger charge is -2.17. The Morgan fingerprint density at radius 3 is 3.00 bits per heavy atom. The molecule has 2 N–H and O–H groups in total. The number of fused-ring (bicyclic) bond motifs is 1. The number of nitrogens with one attached hydrogen (secondary N) is 2. The van der Waals surface area contributed by atoms with E-state index in [4.69, 9.17) is 5.26 Å². The Labute approximate surface area is 127 Å². The molecular weight excluding hydrogens is 282 g/mol. The van der Waals surface area contributed by atoms with Gasteiger partial charge in [0.25, 0.3) is 0 Å². The van der Waals surface area contributed by atoms with E-state index < -0.39 is 0 Å². The molecule has 0 unspecified atom stereocenters. The summed E-state index contributed by atoms with van der Waals surface area (Å²) in [4.78, 5) is 12.5. The van der Waals surface area contributed by atoms with E-state index in [0.29, 0.717) is 17.9 Å². The fraction of sp³-hybridized carbons (Fsp3) is 0.125. The Morgan fingerprint density at radius 1 is 1.29 bits per heavy atom. The van der Waals surface area contributed by atoms with Gasteiger partial charge in [0.05, 0.1) is 23.1 Å². The minimum Gasteiger partial charge on any atom is -0.381 e. The molecule has 0 fully saturated rings. The molecule has 0 spiro atoms. The highest BCUT2D eigenvalue weighted by Crippen LogP contribution is 2.33. The van der Waals surface area contributed by atoms with Gasteiger partial charge in [-0.3, -0.25) is 4.79 Å². The fourth-order valence-electron chi connectivity index (χ4n) is 2.17. The molecule has 2 aromatic carbocycles. The van der Waals surface area contributed by atoms with Crippen LogP contribution in [0.2, 0.25) is 0 Å². The number of carbonyl (C=O) groups excluding carboxylic acids is 1. The van der Waals surface area contributed by atoms with E-state index in [0.717, 1.165) is 21.8 Å². The fourth-order valence-corrected chi connectivity index (χ4v) is 2.96. The number of rotatable bonds is 3. The Hall–Kier alpha value is -2.45. The van der Waals surface area contributed by atoms with Crippen LogP contribution in [0, 0.1) is 11.3 Å². The molecule has 21 heavy (non-hydrogen) atoms. The number of nitrogens with zero attached hydrogens (tertiary/aromatic N) is 1. The molecule has 5 heteroatoms. The quantitative estimate of drug-likeness (QED) is 0.912. The number of amides is 1. The monoisotopic (exact) mass is 295 g/mol. The van der Waals surface area contributed by atoms with Gasteiger partial charge in [-0.2, -0.15) is 5.26 Å². The molecule has 0 bridgehead atoms. The van der Waals surface area contributed by atoms with Crippen molar-refractivity contribution in [1.29, 1.82) is 5.26 Å². The van der Waals surface area contributed by atoms with Crippen molar-refractivity contribution in [3.05, 3.63) is 53.6 Å². The summed E-state index contributed by atoms with van der Waals surface area (Å²) in [6.07, 6.45) is 0. The van der Waals surface area contributed by atoms with Crippen LogP contribution in [0.15, 0.2) is 47.4 Å². The molecule has 4 nitrogen and oxygen atoms in total. The minimum absolute atomic E-state index is 0.0273. The van der Waals surface area contributed by atoms with Crippen LogP contribution in [0.3, 0.4) is 0 Å². The predicted octanol–water partition coefficient (Wildman–Crippen LogP) is 3.21. The first-order chi connectivity index (χ1) is 10.3. The maximum Gasteiger partial charge on any atom is 0.234 e. The van der Waals surface area contributed by atoms with Crippen molar-refractivity contribution in [2.45, 2.75) is 11.4 Å². The van der Waals surface area contributed by atoms with E-state index in [-0.39, 0.29) is 5.91 Å². The molecule has 1 aliphatic heterocycles. The molecule has 0 saturated heterocycles. The average molecular weight is 295 g/mol. The zero-order chi connectivity index (χ0) is 14.7. The summed E-state index contributed by atoms with van der Waals surface area (Å²) in [5.41, 5.74) is 3.39. The van der Waals surface area contributed by atoms with Crippen molar-refractivity contribution in [3.8, 4) is 6.07 Å². The van der Waals surface area contributed by atoms with Crippen LogP contribution in [0.5, 0.6) is 0 Å². The third-order valence-electron chi connectivity index (χ3n) is 3.23. The summed E-state index contributed by atoms with van der Waals surface area (Å²) in [6.45, 7) is 0.573. The van der Waals surface area contributed by atoms with E-state index in [1.807, 2.05) is 36.4 Å². The third-order valence-corrected chi connectivity index (χ3v) is 4.31. The van der Waals surface area contributed by atoms with Crippen molar-refractivity contribution in [2.24, 2.45) is 0 Å². The Balaban J connectivity index is 1.76. The molecule has 0 aliphatic carbocycles. The predicted molar refractivity (Wildman–Crippen MR) is 84.3 cm³/mol. The zero-order valence-electron chi connectivity index (χ0n) is 11.2. The SMILES string of the molecule is N#Cc1ccccc1CNc1ccc2c(c1)NC(=O)CS2. The van der Waals surface area contributed by atoms with E-state index in [2.05, 4.69) is 16.7 Å². The number of nitriles is 1. The second kappa shape index (κ2) is 5.90. The van der Waals surface area contributed by atoms with Crippen LogP contribution in [-0.4, -0.2) is 11.7 Å². The molecule has 3 rings (SSSR count). The Morgan fingerprint density at radius 2 is 2.14 bits per heavy atom. The normalized spacial score (nSPS) is 13.0. The largest absolute Gasteiger partial charge is 0.381 e. The highest BCUT2D eigenvalue weighted by atomic mass is 32.2.